The van der Waals surface area contributed by atoms with Crippen LogP contribution in [-0.4, -0.2) is 10.3 Å². The van der Waals surface area contributed by atoms with E-state index in [1.807, 2.05) is 36.4 Å². The highest BCUT2D eigenvalue weighted by Gasteiger charge is 2.26. The minimum atomic E-state index is -0.791. The number of nitrogens with zero attached hydrogens (tertiary/aromatic N) is 3. The van der Waals surface area contributed by atoms with E-state index in [1.54, 1.807) is 0 Å². The molecule has 8 aromatic rings. The van der Waals surface area contributed by atoms with Gasteiger partial charge in [-0.2, -0.15) is 5.11 Å². The summed E-state index contributed by atoms with van der Waals surface area (Å²) < 4.78 is 8.81. The number of benzene rings is 7. The zero-order valence-electron chi connectivity index (χ0n) is 28.6. The van der Waals surface area contributed by atoms with Crippen LogP contribution < -0.4 is 4.74 Å². The molecule has 1 aromatic heterocycles. The molecule has 1 aliphatic rings. The Kier molecular flexibility index (Phi) is 7.86. The lowest BCUT2D eigenvalue weighted by atomic mass is 9.95. The monoisotopic (exact) mass is 670 g/mol. The number of para-hydroxylation sites is 2. The Bertz CT molecular complexity index is 2690. The Morgan fingerprint density at radius 1 is 0.615 bits per heavy atom. The zero-order chi connectivity index (χ0) is 35.0. The van der Waals surface area contributed by atoms with Crippen LogP contribution in [0.15, 0.2) is 186 Å². The maximum Gasteiger partial charge on any atom is 0.185 e. The lowest BCUT2D eigenvalue weighted by Gasteiger charge is -2.15. The fraction of sp³-hybridized carbons (Fsp3) is 0.0426. The van der Waals surface area contributed by atoms with Crippen LogP contribution in [0.2, 0.25) is 0 Å². The van der Waals surface area contributed by atoms with Crippen LogP contribution in [0, 0.1) is 5.53 Å². The highest BCUT2D eigenvalue weighted by Crippen LogP contribution is 2.48. The van der Waals surface area contributed by atoms with Gasteiger partial charge in [0.25, 0.3) is 0 Å². The van der Waals surface area contributed by atoms with Gasteiger partial charge in [0.2, 0.25) is 0 Å². The van der Waals surface area contributed by atoms with Crippen LogP contribution in [-0.2, 0) is 0 Å². The molecule has 7 aromatic carbocycles. The van der Waals surface area contributed by atoms with Crippen LogP contribution in [0.3, 0.4) is 0 Å². The molecule has 0 fully saturated rings. The van der Waals surface area contributed by atoms with E-state index in [9.17, 15) is 0 Å². The summed E-state index contributed by atoms with van der Waals surface area (Å²) >= 11 is 0. The van der Waals surface area contributed by atoms with E-state index in [1.165, 1.54) is 10.8 Å². The highest BCUT2D eigenvalue weighted by atomic mass is 16.5. The summed E-state index contributed by atoms with van der Waals surface area (Å²) in [5, 5.41) is 8.73. The van der Waals surface area contributed by atoms with Gasteiger partial charge < -0.3 is 9.30 Å². The van der Waals surface area contributed by atoms with Crippen LogP contribution in [0.5, 0.6) is 11.5 Å². The van der Waals surface area contributed by atoms with Crippen molar-refractivity contribution >= 4 is 32.8 Å². The van der Waals surface area contributed by atoms with Crippen LogP contribution in [0.1, 0.15) is 29.8 Å². The van der Waals surface area contributed by atoms with Crippen molar-refractivity contribution in [2.45, 2.75) is 13.1 Å². The van der Waals surface area contributed by atoms with Crippen LogP contribution in [0.25, 0.3) is 55.2 Å². The van der Waals surface area contributed by atoms with Gasteiger partial charge in [-0.3, -0.25) is 4.99 Å². The highest BCUT2D eigenvalue weighted by molar-refractivity contribution is 6.19. The minimum absolute atomic E-state index is 0.745. The van der Waals surface area contributed by atoms with Crippen molar-refractivity contribution in [1.82, 2.24) is 4.57 Å². The topological polar surface area (TPSA) is 62.7 Å². The average molecular weight is 671 g/mol. The van der Waals surface area contributed by atoms with E-state index in [-0.39, 0.29) is 0 Å². The van der Waals surface area contributed by atoms with Gasteiger partial charge in [-0.25, -0.2) is 5.53 Å². The van der Waals surface area contributed by atoms with Gasteiger partial charge in [0, 0.05) is 39.7 Å². The zero-order valence-corrected chi connectivity index (χ0v) is 28.6. The second-order valence-corrected chi connectivity index (χ2v) is 13.0. The number of hydrogen-bond acceptors (Lipinski definition) is 4. The lowest BCUT2D eigenvalue weighted by molar-refractivity contribution is 0.487. The van der Waals surface area contributed by atoms with Gasteiger partial charge in [-0.15, -0.1) is 0 Å². The molecule has 1 atom stereocenters. The van der Waals surface area contributed by atoms with E-state index < -0.39 is 6.17 Å². The SMILES string of the molecule is C/C(=C\C(=NC(N=N)c1ccc2c(c1)-c1ccn(-c3ccccc3)c1-c1ccccc1O2)c1cccc2ccccc12)c1cccc2ccccc12. The maximum absolute atomic E-state index is 8.48. The maximum atomic E-state index is 8.48. The van der Waals surface area contributed by atoms with Crippen LogP contribution in [0.4, 0.5) is 0 Å². The summed E-state index contributed by atoms with van der Waals surface area (Å²) in [6, 6.07) is 56.2. The van der Waals surface area contributed by atoms with Crippen molar-refractivity contribution in [2.75, 3.05) is 0 Å². The number of hydrogen-bond donors (Lipinski definition) is 1. The van der Waals surface area contributed by atoms with Gasteiger partial charge in [0.05, 0.1) is 11.4 Å². The molecule has 248 valence electrons. The average Bonchev–Trinajstić information content (AvgIpc) is 3.59. The van der Waals surface area contributed by atoms with E-state index in [0.717, 1.165) is 78.3 Å². The third-order valence-corrected chi connectivity index (χ3v) is 9.89. The second-order valence-electron chi connectivity index (χ2n) is 13.0. The number of aromatic nitrogens is 1. The number of ether oxygens (including phenoxy) is 1. The standard InChI is InChI=1S/C47H34N4O/c1-31(36-22-11-15-32-13-5-7-19-37(32)36)29-43(39-23-12-16-33-14-6-8-20-38(33)39)49-47(50-48)34-25-26-45-42(30-34)40-27-28-51(35-17-3-2-4-18-35)46(40)41-21-9-10-24-44(41)52-45/h2-30,47-48H,1H3/b31-29+,49-43?,50-48?. The molecule has 0 aliphatic carbocycles. The molecular weight excluding hydrogens is 637 g/mol. The molecule has 9 rings (SSSR count). The Morgan fingerprint density at radius 3 is 2.02 bits per heavy atom. The Balaban J connectivity index is 1.21. The van der Waals surface area contributed by atoms with Crippen molar-refractivity contribution in [2.24, 2.45) is 10.1 Å². The summed E-state index contributed by atoms with van der Waals surface area (Å²) in [4.78, 5) is 5.29. The number of aliphatic imine (C=N–C) groups is 1. The first-order valence-electron chi connectivity index (χ1n) is 17.4. The molecule has 0 saturated heterocycles. The Labute approximate surface area is 302 Å². The molecule has 0 radical (unpaired) electrons. The molecule has 1 aliphatic heterocycles. The third-order valence-electron chi connectivity index (χ3n) is 9.89. The van der Waals surface area contributed by atoms with Gasteiger partial charge in [0.1, 0.15) is 11.5 Å². The molecule has 52 heavy (non-hydrogen) atoms. The van der Waals surface area contributed by atoms with Gasteiger partial charge in [0.15, 0.2) is 6.17 Å². The first kappa shape index (κ1) is 31.2. The quantitative estimate of drug-likeness (QED) is 0.133. The van der Waals surface area contributed by atoms with Gasteiger partial charge in [-0.05, 0) is 88.1 Å². The fourth-order valence-corrected chi connectivity index (χ4v) is 7.40. The second kappa shape index (κ2) is 13.1. The summed E-state index contributed by atoms with van der Waals surface area (Å²) in [6.45, 7) is 2.13. The largest absolute Gasteiger partial charge is 0.456 e. The molecule has 2 heterocycles. The lowest BCUT2D eigenvalue weighted by Crippen LogP contribution is -2.04. The normalized spacial score (nSPS) is 13.1. The van der Waals surface area contributed by atoms with Crippen molar-refractivity contribution in [3.05, 3.63) is 193 Å². The smallest absolute Gasteiger partial charge is 0.185 e. The Morgan fingerprint density at radius 2 is 1.25 bits per heavy atom. The molecule has 1 unspecified atom stereocenters. The first-order valence-corrected chi connectivity index (χ1v) is 17.4. The summed E-state index contributed by atoms with van der Waals surface area (Å²) in [7, 11) is 0. The van der Waals surface area contributed by atoms with Crippen molar-refractivity contribution in [3.8, 4) is 39.6 Å². The number of nitrogens with one attached hydrogen (secondary N) is 1. The third kappa shape index (κ3) is 5.49. The number of fused-ring (bicyclic) bond motifs is 7. The van der Waals surface area contributed by atoms with E-state index in [4.69, 9.17) is 15.3 Å². The number of allylic oxidation sites excluding steroid dienone is 2. The van der Waals surface area contributed by atoms with E-state index >= 15 is 0 Å². The predicted molar refractivity (Wildman–Crippen MR) is 213 cm³/mol. The molecule has 5 nitrogen and oxygen atoms in total. The number of rotatable bonds is 7. The summed E-state index contributed by atoms with van der Waals surface area (Å²) in [5.41, 5.74) is 18.3. The first-order chi connectivity index (χ1) is 25.7. The van der Waals surface area contributed by atoms with Crippen molar-refractivity contribution in [3.63, 3.8) is 0 Å². The fourth-order valence-electron chi connectivity index (χ4n) is 7.40. The molecule has 1 N–H and O–H groups in total. The van der Waals surface area contributed by atoms with Crippen molar-refractivity contribution in [1.29, 1.82) is 5.53 Å². The van der Waals surface area contributed by atoms with Crippen molar-refractivity contribution < 1.29 is 4.74 Å². The summed E-state index contributed by atoms with van der Waals surface area (Å²) in [6.07, 6.45) is 3.46. The molecule has 0 saturated carbocycles. The van der Waals surface area contributed by atoms with Gasteiger partial charge in [-0.1, -0.05) is 121 Å². The van der Waals surface area contributed by atoms with Gasteiger partial charge >= 0.3 is 0 Å². The molecule has 0 bridgehead atoms. The van der Waals surface area contributed by atoms with E-state index in [2.05, 4.69) is 156 Å². The molecular formula is C47H34N4O. The molecule has 5 heteroatoms. The van der Waals surface area contributed by atoms with Crippen LogP contribution >= 0.6 is 0 Å². The predicted octanol–water partition coefficient (Wildman–Crippen LogP) is 12.8. The molecule has 0 amide bonds. The Hall–Kier alpha value is -6.85. The van der Waals surface area contributed by atoms with E-state index in [0.29, 0.717) is 0 Å². The molecule has 0 spiro atoms. The minimum Gasteiger partial charge on any atom is -0.456 e. The summed E-state index contributed by atoms with van der Waals surface area (Å²) in [5.74, 6) is 1.53.